The summed E-state index contributed by atoms with van der Waals surface area (Å²) in [5.74, 6) is -0.310. The maximum absolute atomic E-state index is 11.5. The maximum Gasteiger partial charge on any atom is 0.355 e. The number of nitrogens with one attached hydrogen (secondary N) is 1. The van der Waals surface area contributed by atoms with E-state index in [1.807, 2.05) is 18.2 Å². The van der Waals surface area contributed by atoms with Gasteiger partial charge in [-0.05, 0) is 19.1 Å². The van der Waals surface area contributed by atoms with Crippen LogP contribution in [-0.2, 0) is 4.74 Å². The number of benzene rings is 1. The number of carbonyl (C=O) groups excluding carboxylic acids is 1. The second-order valence-corrected chi connectivity index (χ2v) is 4.03. The lowest BCUT2D eigenvalue weighted by molar-refractivity contribution is 0.0522. The molecule has 0 fully saturated rings. The van der Waals surface area contributed by atoms with E-state index in [-0.39, 0.29) is 5.97 Å². The van der Waals surface area contributed by atoms with Gasteiger partial charge >= 0.3 is 5.97 Å². The number of halogens is 1. The molecule has 1 N–H and O–H groups in total. The Morgan fingerprint density at radius 3 is 3.07 bits per heavy atom. The van der Waals surface area contributed by atoms with E-state index in [0.29, 0.717) is 12.3 Å². The molecule has 3 nitrogen and oxygen atoms in total. The Balaban J connectivity index is 2.49. The number of carbonyl (C=O) groups is 1. The Hall–Kier alpha value is -1.29. The number of aromatic nitrogens is 1. The number of ether oxygens (including phenoxy) is 1. The Bertz CT molecular complexity index is 504. The predicted octanol–water partition coefficient (Wildman–Crippen LogP) is 3.11. The topological polar surface area (TPSA) is 42.1 Å². The van der Waals surface area contributed by atoms with Gasteiger partial charge in [0.05, 0.1) is 6.61 Å². The summed E-state index contributed by atoms with van der Waals surface area (Å²) in [6.45, 7) is 2.18. The third kappa shape index (κ3) is 1.90. The molecule has 78 valence electrons. The first-order valence-corrected chi connectivity index (χ1v) is 5.45. The number of aromatic amines is 1. The van der Waals surface area contributed by atoms with Crippen LogP contribution >= 0.6 is 15.9 Å². The molecule has 0 aliphatic carbocycles. The van der Waals surface area contributed by atoms with E-state index >= 15 is 0 Å². The largest absolute Gasteiger partial charge is 0.461 e. The van der Waals surface area contributed by atoms with E-state index in [9.17, 15) is 4.79 Å². The van der Waals surface area contributed by atoms with Gasteiger partial charge in [0.1, 0.15) is 5.69 Å². The van der Waals surface area contributed by atoms with Crippen molar-refractivity contribution >= 4 is 32.7 Å². The molecular formula is C11H10BrNO2. The minimum atomic E-state index is -0.310. The molecule has 4 heteroatoms. The van der Waals surface area contributed by atoms with Gasteiger partial charge in [0, 0.05) is 21.4 Å². The molecule has 1 heterocycles. The van der Waals surface area contributed by atoms with E-state index in [4.69, 9.17) is 4.74 Å². The summed E-state index contributed by atoms with van der Waals surface area (Å²) in [7, 11) is 0. The summed E-state index contributed by atoms with van der Waals surface area (Å²) in [6.07, 6.45) is 1.80. The van der Waals surface area contributed by atoms with Gasteiger partial charge in [0.2, 0.25) is 0 Å². The molecule has 2 rings (SSSR count). The summed E-state index contributed by atoms with van der Waals surface area (Å²) in [6, 6.07) is 5.75. The fourth-order valence-corrected chi connectivity index (χ4v) is 1.86. The average Bonchev–Trinajstić information content (AvgIpc) is 2.60. The van der Waals surface area contributed by atoms with Crippen LogP contribution in [0.2, 0.25) is 0 Å². The quantitative estimate of drug-likeness (QED) is 0.850. The van der Waals surface area contributed by atoms with Crippen LogP contribution in [0.4, 0.5) is 0 Å². The van der Waals surface area contributed by atoms with E-state index in [0.717, 1.165) is 15.2 Å². The molecule has 0 saturated carbocycles. The zero-order chi connectivity index (χ0) is 10.8. The van der Waals surface area contributed by atoms with Crippen molar-refractivity contribution < 1.29 is 9.53 Å². The third-order valence-corrected chi connectivity index (χ3v) is 2.63. The van der Waals surface area contributed by atoms with Crippen molar-refractivity contribution in [3.63, 3.8) is 0 Å². The van der Waals surface area contributed by atoms with Crippen LogP contribution in [0.5, 0.6) is 0 Å². The lowest BCUT2D eigenvalue weighted by atomic mass is 10.2. The average molecular weight is 268 g/mol. The lowest BCUT2D eigenvalue weighted by Gasteiger charge is -1.99. The fourth-order valence-electron chi connectivity index (χ4n) is 1.48. The van der Waals surface area contributed by atoms with E-state index < -0.39 is 0 Å². The molecule has 15 heavy (non-hydrogen) atoms. The lowest BCUT2D eigenvalue weighted by Crippen LogP contribution is -2.05. The van der Waals surface area contributed by atoms with Crippen LogP contribution in [0.1, 0.15) is 17.4 Å². The number of hydrogen-bond donors (Lipinski definition) is 1. The summed E-state index contributed by atoms with van der Waals surface area (Å²) < 4.78 is 5.93. The highest BCUT2D eigenvalue weighted by Gasteiger charge is 2.12. The zero-order valence-electron chi connectivity index (χ0n) is 8.21. The summed E-state index contributed by atoms with van der Waals surface area (Å²) in [5.41, 5.74) is 0.513. The van der Waals surface area contributed by atoms with Crippen LogP contribution in [0.15, 0.2) is 28.9 Å². The highest BCUT2D eigenvalue weighted by Crippen LogP contribution is 2.23. The number of rotatable bonds is 2. The molecule has 0 radical (unpaired) electrons. The molecule has 0 unspecified atom stereocenters. The maximum atomic E-state index is 11.5. The molecule has 1 aromatic heterocycles. The number of hydrogen-bond acceptors (Lipinski definition) is 2. The number of esters is 1. The molecule has 1 aromatic carbocycles. The normalized spacial score (nSPS) is 10.5. The van der Waals surface area contributed by atoms with Crippen LogP contribution in [-0.4, -0.2) is 17.6 Å². The predicted molar refractivity (Wildman–Crippen MR) is 62.0 cm³/mol. The first kappa shape index (κ1) is 10.2. The Morgan fingerprint density at radius 2 is 2.33 bits per heavy atom. The second kappa shape index (κ2) is 4.06. The Kier molecular flexibility index (Phi) is 2.77. The van der Waals surface area contributed by atoms with Crippen molar-refractivity contribution in [1.29, 1.82) is 0 Å². The number of fused-ring (bicyclic) bond motifs is 1. The molecule has 0 spiro atoms. The van der Waals surface area contributed by atoms with Crippen LogP contribution < -0.4 is 0 Å². The fraction of sp³-hybridized carbons (Fsp3) is 0.182. The zero-order valence-corrected chi connectivity index (χ0v) is 9.80. The smallest absolute Gasteiger partial charge is 0.355 e. The van der Waals surface area contributed by atoms with Gasteiger partial charge in [-0.1, -0.05) is 22.0 Å². The first-order chi connectivity index (χ1) is 7.22. The second-order valence-electron chi connectivity index (χ2n) is 3.12. The van der Waals surface area contributed by atoms with Gasteiger partial charge in [-0.25, -0.2) is 4.79 Å². The molecular weight excluding hydrogens is 258 g/mol. The molecule has 0 saturated heterocycles. The van der Waals surface area contributed by atoms with Crippen molar-refractivity contribution in [3.8, 4) is 0 Å². The van der Waals surface area contributed by atoms with Crippen molar-refractivity contribution in [2.75, 3.05) is 6.61 Å². The van der Waals surface area contributed by atoms with E-state index in [1.165, 1.54) is 0 Å². The van der Waals surface area contributed by atoms with Gasteiger partial charge in [-0.2, -0.15) is 0 Å². The molecule has 2 aromatic rings. The number of H-pyrrole nitrogens is 1. The minimum Gasteiger partial charge on any atom is -0.461 e. The minimum absolute atomic E-state index is 0.310. The summed E-state index contributed by atoms with van der Waals surface area (Å²) in [5, 5.41) is 1.88. The highest BCUT2D eigenvalue weighted by atomic mass is 79.9. The Morgan fingerprint density at radius 1 is 1.53 bits per heavy atom. The first-order valence-electron chi connectivity index (χ1n) is 4.66. The van der Waals surface area contributed by atoms with Crippen molar-refractivity contribution in [2.45, 2.75) is 6.92 Å². The van der Waals surface area contributed by atoms with Crippen molar-refractivity contribution in [1.82, 2.24) is 4.98 Å². The Labute approximate surface area is 95.6 Å². The van der Waals surface area contributed by atoms with Crippen LogP contribution in [0.3, 0.4) is 0 Å². The summed E-state index contributed by atoms with van der Waals surface area (Å²) in [4.78, 5) is 14.5. The monoisotopic (exact) mass is 267 g/mol. The van der Waals surface area contributed by atoms with Gasteiger partial charge < -0.3 is 9.72 Å². The molecule has 0 aliphatic rings. The van der Waals surface area contributed by atoms with Gasteiger partial charge in [-0.3, -0.25) is 0 Å². The van der Waals surface area contributed by atoms with Gasteiger partial charge in [-0.15, -0.1) is 0 Å². The van der Waals surface area contributed by atoms with Crippen LogP contribution in [0, 0.1) is 0 Å². The van der Waals surface area contributed by atoms with Crippen LogP contribution in [0.25, 0.3) is 10.8 Å². The third-order valence-electron chi connectivity index (χ3n) is 2.13. The van der Waals surface area contributed by atoms with E-state index in [2.05, 4.69) is 20.9 Å². The SMILES string of the molecule is CCOC(=O)c1[nH]cc2cc(Br)ccc12. The van der Waals surface area contributed by atoms with E-state index in [1.54, 1.807) is 13.1 Å². The van der Waals surface area contributed by atoms with Crippen molar-refractivity contribution in [2.24, 2.45) is 0 Å². The molecule has 0 atom stereocenters. The molecule has 0 bridgehead atoms. The molecule has 0 amide bonds. The highest BCUT2D eigenvalue weighted by molar-refractivity contribution is 9.10. The molecule has 0 aliphatic heterocycles. The standard InChI is InChI=1S/C11H10BrNO2/c1-2-15-11(14)10-9-4-3-8(12)5-7(9)6-13-10/h3-6,13H,2H2,1H3. The van der Waals surface area contributed by atoms with Crippen molar-refractivity contribution in [3.05, 3.63) is 34.6 Å². The van der Waals surface area contributed by atoms with Gasteiger partial charge in [0.25, 0.3) is 0 Å². The summed E-state index contributed by atoms with van der Waals surface area (Å²) >= 11 is 3.38. The van der Waals surface area contributed by atoms with Gasteiger partial charge in [0.15, 0.2) is 0 Å².